The number of hydrogen-bond donors (Lipinski definition) is 2. The second-order valence-electron chi connectivity index (χ2n) is 5.01. The van der Waals surface area contributed by atoms with E-state index in [1.165, 1.54) is 23.5 Å². The zero-order valence-electron chi connectivity index (χ0n) is 12.0. The lowest BCUT2D eigenvalue weighted by atomic mass is 10.2. The first-order valence-corrected chi connectivity index (χ1v) is 7.73. The molecule has 1 saturated heterocycles. The quantitative estimate of drug-likeness (QED) is 0.648. The zero-order chi connectivity index (χ0) is 15.5. The highest BCUT2D eigenvalue weighted by Crippen LogP contribution is 2.26. The average molecular weight is 355 g/mol. The van der Waals surface area contributed by atoms with E-state index in [1.807, 2.05) is 0 Å². The van der Waals surface area contributed by atoms with Crippen LogP contribution in [0.1, 0.15) is 16.9 Å². The van der Waals surface area contributed by atoms with E-state index in [4.69, 9.17) is 0 Å². The van der Waals surface area contributed by atoms with E-state index in [1.54, 1.807) is 17.5 Å². The molecule has 0 aliphatic carbocycles. The predicted octanol–water partition coefficient (Wildman–Crippen LogP) is 2.23. The van der Waals surface area contributed by atoms with Crippen molar-refractivity contribution < 1.29 is 9.72 Å². The highest BCUT2D eigenvalue weighted by atomic mass is 35.5. The van der Waals surface area contributed by atoms with Crippen LogP contribution in [-0.2, 0) is 0 Å². The third-order valence-electron chi connectivity index (χ3n) is 3.44. The maximum Gasteiger partial charge on any atom is 0.271 e. The molecule has 2 heterocycles. The first kappa shape index (κ1) is 17.3. The number of non-ortho nitro benzene ring substituents is 1. The van der Waals surface area contributed by atoms with Crippen LogP contribution in [0.2, 0.25) is 0 Å². The van der Waals surface area contributed by atoms with E-state index in [0.29, 0.717) is 16.3 Å². The molecule has 0 bridgehead atoms. The fraction of sp³-hybridized carbons (Fsp3) is 0.286. The number of aromatic nitrogens is 1. The molecule has 122 valence electrons. The lowest BCUT2D eigenvalue weighted by molar-refractivity contribution is -0.384. The van der Waals surface area contributed by atoms with Crippen LogP contribution in [0.3, 0.4) is 0 Å². The third kappa shape index (κ3) is 4.04. The summed E-state index contributed by atoms with van der Waals surface area (Å²) >= 11 is 1.30. The van der Waals surface area contributed by atoms with Crippen molar-refractivity contribution in [3.05, 3.63) is 45.5 Å². The molecule has 2 N–H and O–H groups in total. The van der Waals surface area contributed by atoms with Gasteiger partial charge in [-0.15, -0.1) is 23.7 Å². The van der Waals surface area contributed by atoms with E-state index >= 15 is 0 Å². The number of nitro benzene ring substituents is 1. The van der Waals surface area contributed by atoms with Gasteiger partial charge in [0.25, 0.3) is 11.6 Å². The molecule has 1 aliphatic rings. The van der Waals surface area contributed by atoms with Gasteiger partial charge in [0.15, 0.2) is 0 Å². The fourth-order valence-electron chi connectivity index (χ4n) is 2.30. The van der Waals surface area contributed by atoms with Crippen LogP contribution in [-0.4, -0.2) is 34.9 Å². The summed E-state index contributed by atoms with van der Waals surface area (Å²) in [7, 11) is 0. The molecule has 23 heavy (non-hydrogen) atoms. The van der Waals surface area contributed by atoms with Gasteiger partial charge in [-0.25, -0.2) is 4.98 Å². The van der Waals surface area contributed by atoms with Gasteiger partial charge >= 0.3 is 0 Å². The second-order valence-corrected chi connectivity index (χ2v) is 5.87. The van der Waals surface area contributed by atoms with Crippen LogP contribution in [0, 0.1) is 10.1 Å². The molecule has 0 radical (unpaired) electrons. The highest BCUT2D eigenvalue weighted by molar-refractivity contribution is 7.13. The lowest BCUT2D eigenvalue weighted by Gasteiger charge is -2.09. The molecule has 2 aromatic rings. The van der Waals surface area contributed by atoms with Gasteiger partial charge in [-0.1, -0.05) is 12.1 Å². The van der Waals surface area contributed by atoms with Crippen molar-refractivity contribution >= 4 is 35.3 Å². The van der Waals surface area contributed by atoms with Gasteiger partial charge in [0.1, 0.15) is 10.7 Å². The number of rotatable bonds is 4. The predicted molar refractivity (Wildman–Crippen MR) is 90.2 cm³/mol. The standard InChI is InChI=1S/C14H14N4O3S.ClH/c19-13(16-10-4-5-15-7-10)12-8-22-14(17-12)9-2-1-3-11(6-9)18(20)21;/h1-3,6,8,10,15H,4-5,7H2,(H,16,19);1H. The second kappa shape index (κ2) is 7.49. The molecule has 7 nitrogen and oxygen atoms in total. The SMILES string of the molecule is Cl.O=C(NC1CCNC1)c1csc(-c2cccc([N+](=O)[O-])c2)n1. The minimum atomic E-state index is -0.447. The Hall–Kier alpha value is -2.03. The molecule has 1 aromatic carbocycles. The number of nitrogens with zero attached hydrogens (tertiary/aromatic N) is 2. The van der Waals surface area contributed by atoms with Crippen molar-refractivity contribution in [3.63, 3.8) is 0 Å². The number of halogens is 1. The van der Waals surface area contributed by atoms with Crippen molar-refractivity contribution in [2.75, 3.05) is 13.1 Å². The van der Waals surface area contributed by atoms with Crippen molar-refractivity contribution in [1.29, 1.82) is 0 Å². The van der Waals surface area contributed by atoms with Crippen LogP contribution in [0.5, 0.6) is 0 Å². The number of carbonyl (C=O) groups is 1. The number of hydrogen-bond acceptors (Lipinski definition) is 6. The van der Waals surface area contributed by atoms with Gasteiger partial charge in [0.2, 0.25) is 0 Å². The lowest BCUT2D eigenvalue weighted by Crippen LogP contribution is -2.36. The van der Waals surface area contributed by atoms with Gasteiger partial charge in [0.05, 0.1) is 4.92 Å². The summed E-state index contributed by atoms with van der Waals surface area (Å²) in [6.07, 6.45) is 0.910. The van der Waals surface area contributed by atoms with E-state index in [9.17, 15) is 14.9 Å². The van der Waals surface area contributed by atoms with Gasteiger partial charge in [-0.05, 0) is 13.0 Å². The summed E-state index contributed by atoms with van der Waals surface area (Å²) in [5, 5.41) is 19.2. The zero-order valence-corrected chi connectivity index (χ0v) is 13.7. The Kier molecular flexibility index (Phi) is 5.64. The first-order valence-electron chi connectivity index (χ1n) is 6.85. The minimum absolute atomic E-state index is 0. The Bertz CT molecular complexity index is 716. The fourth-order valence-corrected chi connectivity index (χ4v) is 3.10. The number of carbonyl (C=O) groups excluding carboxylic acids is 1. The molecule has 9 heteroatoms. The summed E-state index contributed by atoms with van der Waals surface area (Å²) in [5.41, 5.74) is 0.995. The Morgan fingerprint density at radius 2 is 2.30 bits per heavy atom. The van der Waals surface area contributed by atoms with Gasteiger partial charge < -0.3 is 10.6 Å². The molecule has 3 rings (SSSR count). The molecular weight excluding hydrogens is 340 g/mol. The summed E-state index contributed by atoms with van der Waals surface area (Å²) in [6, 6.07) is 6.38. The molecule has 1 unspecified atom stereocenters. The highest BCUT2D eigenvalue weighted by Gasteiger charge is 2.19. The molecule has 1 amide bonds. The van der Waals surface area contributed by atoms with Gasteiger partial charge in [-0.3, -0.25) is 14.9 Å². The van der Waals surface area contributed by atoms with Crippen LogP contribution in [0.4, 0.5) is 5.69 Å². The van der Waals surface area contributed by atoms with Crippen LogP contribution in [0.15, 0.2) is 29.6 Å². The minimum Gasteiger partial charge on any atom is -0.347 e. The van der Waals surface area contributed by atoms with E-state index in [2.05, 4.69) is 15.6 Å². The topological polar surface area (TPSA) is 97.2 Å². The molecule has 1 fully saturated rings. The number of nitro groups is 1. The summed E-state index contributed by atoms with van der Waals surface area (Å²) in [5.74, 6) is -0.207. The molecule has 1 aliphatic heterocycles. The first-order chi connectivity index (χ1) is 10.6. The van der Waals surface area contributed by atoms with Crippen molar-refractivity contribution in [2.45, 2.75) is 12.5 Å². The van der Waals surface area contributed by atoms with Crippen molar-refractivity contribution in [1.82, 2.24) is 15.6 Å². The molecule has 0 spiro atoms. The van der Waals surface area contributed by atoms with Crippen LogP contribution in [0.25, 0.3) is 10.6 Å². The number of thiazole rings is 1. The largest absolute Gasteiger partial charge is 0.347 e. The Morgan fingerprint density at radius 1 is 1.48 bits per heavy atom. The van der Waals surface area contributed by atoms with Gasteiger partial charge in [0, 0.05) is 35.7 Å². The van der Waals surface area contributed by atoms with Crippen LogP contribution < -0.4 is 10.6 Å². The third-order valence-corrected chi connectivity index (χ3v) is 4.33. The molecule has 1 aromatic heterocycles. The Labute approximate surface area is 142 Å². The Morgan fingerprint density at radius 3 is 3.00 bits per heavy atom. The smallest absolute Gasteiger partial charge is 0.271 e. The summed E-state index contributed by atoms with van der Waals surface area (Å²) in [6.45, 7) is 1.68. The van der Waals surface area contributed by atoms with E-state index in [0.717, 1.165) is 19.5 Å². The maximum atomic E-state index is 12.1. The normalized spacial score (nSPS) is 16.6. The number of benzene rings is 1. The van der Waals surface area contributed by atoms with Crippen molar-refractivity contribution in [3.8, 4) is 10.6 Å². The monoisotopic (exact) mass is 354 g/mol. The van der Waals surface area contributed by atoms with Crippen molar-refractivity contribution in [2.24, 2.45) is 0 Å². The average Bonchev–Trinajstić information content (AvgIpc) is 3.18. The summed E-state index contributed by atoms with van der Waals surface area (Å²) in [4.78, 5) is 26.8. The number of amides is 1. The molecule has 0 saturated carbocycles. The number of nitrogens with one attached hydrogen (secondary N) is 2. The summed E-state index contributed by atoms with van der Waals surface area (Å²) < 4.78 is 0. The maximum absolute atomic E-state index is 12.1. The van der Waals surface area contributed by atoms with Crippen LogP contribution >= 0.6 is 23.7 Å². The van der Waals surface area contributed by atoms with Gasteiger partial charge in [-0.2, -0.15) is 0 Å². The molecule has 1 atom stereocenters. The molecular formula is C14H15ClN4O3S. The van der Waals surface area contributed by atoms with E-state index < -0.39 is 4.92 Å². The Balaban J connectivity index is 0.00000192. The van der Waals surface area contributed by atoms with E-state index in [-0.39, 0.29) is 30.0 Å².